The van der Waals surface area contributed by atoms with Gasteiger partial charge in [-0.1, -0.05) is 110 Å². The van der Waals surface area contributed by atoms with Crippen molar-refractivity contribution in [1.82, 2.24) is 0 Å². The minimum absolute atomic E-state index is 0.136. The molecule has 1 saturated heterocycles. The van der Waals surface area contributed by atoms with Crippen LogP contribution >= 0.6 is 7.92 Å². The number of aromatic hydroxyl groups is 1. The minimum Gasteiger partial charge on any atom is -0.507 e. The quantitative estimate of drug-likeness (QED) is 0.360. The van der Waals surface area contributed by atoms with Crippen molar-refractivity contribution in [2.75, 3.05) is 6.16 Å². The first kappa shape index (κ1) is 28.9. The number of aliphatic imine (C=N–C) groups is 1. The first-order chi connectivity index (χ1) is 18.7. The second kappa shape index (κ2) is 12.1. The van der Waals surface area contributed by atoms with Gasteiger partial charge in [-0.15, -0.1) is 0 Å². The molecule has 3 aliphatic rings. The van der Waals surface area contributed by atoms with Gasteiger partial charge in [-0.05, 0) is 92.2 Å². The lowest BCUT2D eigenvalue weighted by molar-refractivity contribution is 0.257. The molecule has 0 aromatic heterocycles. The largest absolute Gasteiger partial charge is 0.507 e. The van der Waals surface area contributed by atoms with Gasteiger partial charge in [0.1, 0.15) is 5.75 Å². The van der Waals surface area contributed by atoms with Crippen LogP contribution in [0.4, 0.5) is 5.69 Å². The molecule has 3 fully saturated rings. The van der Waals surface area contributed by atoms with Gasteiger partial charge >= 0.3 is 0 Å². The fourth-order valence-corrected chi connectivity index (χ4v) is 11.8. The number of nitrogens with zero attached hydrogens (tertiary/aromatic N) is 1. The van der Waals surface area contributed by atoms with E-state index >= 15 is 0 Å². The van der Waals surface area contributed by atoms with E-state index in [2.05, 4.69) is 71.9 Å². The molecule has 0 radical (unpaired) electrons. The van der Waals surface area contributed by atoms with Crippen LogP contribution in [0.1, 0.15) is 138 Å². The summed E-state index contributed by atoms with van der Waals surface area (Å²) >= 11 is 0. The summed E-state index contributed by atoms with van der Waals surface area (Å²) in [6.45, 7) is 13.6. The lowest BCUT2D eigenvalue weighted by Crippen LogP contribution is -2.41. The smallest absolute Gasteiger partial charge is 0.122 e. The first-order valence-corrected chi connectivity index (χ1v) is 17.6. The summed E-state index contributed by atoms with van der Waals surface area (Å²) in [7, 11) is -0.343. The van der Waals surface area contributed by atoms with Crippen molar-refractivity contribution in [3.63, 3.8) is 0 Å². The molecule has 2 saturated carbocycles. The normalized spacial score (nSPS) is 26.3. The van der Waals surface area contributed by atoms with Crippen molar-refractivity contribution >= 4 is 19.1 Å². The Balaban J connectivity index is 1.81. The molecule has 2 aromatic carbocycles. The van der Waals surface area contributed by atoms with E-state index in [0.29, 0.717) is 23.5 Å². The number of hydrogen-bond donors (Lipinski definition) is 1. The minimum atomic E-state index is -0.343. The van der Waals surface area contributed by atoms with Crippen LogP contribution < -0.4 is 0 Å². The van der Waals surface area contributed by atoms with Crippen LogP contribution in [0.25, 0.3) is 0 Å². The summed E-state index contributed by atoms with van der Waals surface area (Å²) in [5.41, 5.74) is 9.71. The third-order valence-electron chi connectivity index (χ3n) is 10.2. The topological polar surface area (TPSA) is 32.6 Å². The Morgan fingerprint density at radius 2 is 1.44 bits per heavy atom. The number of phenolic OH excluding ortho intramolecular Hbond substituents is 1. The molecule has 39 heavy (non-hydrogen) atoms. The van der Waals surface area contributed by atoms with E-state index in [1.165, 1.54) is 104 Å². The Kier molecular flexibility index (Phi) is 8.92. The summed E-state index contributed by atoms with van der Waals surface area (Å²) in [4.78, 5) is 6.00. The Morgan fingerprint density at radius 1 is 0.846 bits per heavy atom. The average molecular weight is 546 g/mol. The van der Waals surface area contributed by atoms with Gasteiger partial charge < -0.3 is 5.11 Å². The Morgan fingerprint density at radius 3 is 2.03 bits per heavy atom. The van der Waals surface area contributed by atoms with Crippen LogP contribution in [-0.2, 0) is 5.41 Å². The maximum absolute atomic E-state index is 11.8. The standard InChI is InChI=1S/C36H52NOP/c1-24(2)30-18-13-19-31(25(3)4)33(30)37-35-36(28-14-9-7-10-15-28,32-23-26(5)22-27(6)34(32)38)20-21-39(35)29-16-11-8-12-17-29/h13,18-19,22-25,28-29,38H,7-12,14-17,20-21H2,1-6H3. The van der Waals surface area contributed by atoms with Gasteiger partial charge in [-0.2, -0.15) is 0 Å². The first-order valence-electron chi connectivity index (χ1n) is 16.0. The van der Waals surface area contributed by atoms with E-state index < -0.39 is 0 Å². The van der Waals surface area contributed by atoms with E-state index in [4.69, 9.17) is 4.99 Å². The van der Waals surface area contributed by atoms with Crippen LogP contribution in [0.15, 0.2) is 35.3 Å². The number of benzene rings is 2. The number of aryl methyl sites for hydroxylation is 2. The molecule has 3 heteroatoms. The van der Waals surface area contributed by atoms with Crippen molar-refractivity contribution in [3.8, 4) is 5.75 Å². The molecule has 0 bridgehead atoms. The highest BCUT2D eigenvalue weighted by molar-refractivity contribution is 7.76. The SMILES string of the molecule is Cc1cc(C)c(O)c(C2(C3CCCCC3)CCP(C3CCCCC3)C2=Nc2c(C(C)C)cccc2C(C)C)c1. The summed E-state index contributed by atoms with van der Waals surface area (Å²) < 4.78 is 0. The summed E-state index contributed by atoms with van der Waals surface area (Å²) in [6.07, 6.45) is 15.8. The van der Waals surface area contributed by atoms with Crippen molar-refractivity contribution in [2.45, 2.75) is 135 Å². The number of para-hydroxylation sites is 1. The van der Waals surface area contributed by atoms with Crippen LogP contribution in [-0.4, -0.2) is 22.4 Å². The molecule has 2 unspecified atom stereocenters. The highest BCUT2D eigenvalue weighted by atomic mass is 31.1. The maximum Gasteiger partial charge on any atom is 0.122 e. The molecule has 2 aliphatic carbocycles. The maximum atomic E-state index is 11.8. The number of rotatable bonds is 6. The molecule has 212 valence electrons. The fraction of sp³-hybridized carbons (Fsp3) is 0.639. The van der Waals surface area contributed by atoms with Crippen molar-refractivity contribution < 1.29 is 5.11 Å². The van der Waals surface area contributed by atoms with E-state index in [-0.39, 0.29) is 13.3 Å². The molecule has 0 amide bonds. The number of hydrogen-bond acceptors (Lipinski definition) is 2. The Hall–Kier alpha value is -1.66. The summed E-state index contributed by atoms with van der Waals surface area (Å²) in [5, 5.41) is 11.8. The van der Waals surface area contributed by atoms with Crippen LogP contribution in [0.3, 0.4) is 0 Å². The van der Waals surface area contributed by atoms with Gasteiger partial charge in [0.05, 0.1) is 11.1 Å². The fourth-order valence-electron chi connectivity index (χ4n) is 8.19. The zero-order valence-corrected chi connectivity index (χ0v) is 26.4. The van der Waals surface area contributed by atoms with Crippen molar-refractivity contribution in [3.05, 3.63) is 58.1 Å². The summed E-state index contributed by atoms with van der Waals surface area (Å²) in [6, 6.07) is 11.4. The van der Waals surface area contributed by atoms with Crippen LogP contribution in [0, 0.1) is 19.8 Å². The van der Waals surface area contributed by atoms with E-state index in [9.17, 15) is 5.11 Å². The number of phenols is 1. The van der Waals surface area contributed by atoms with Crippen molar-refractivity contribution in [1.29, 1.82) is 0 Å². The van der Waals surface area contributed by atoms with Crippen molar-refractivity contribution in [2.24, 2.45) is 10.9 Å². The van der Waals surface area contributed by atoms with Gasteiger partial charge in [-0.3, -0.25) is 4.99 Å². The van der Waals surface area contributed by atoms with Gasteiger partial charge in [0.2, 0.25) is 0 Å². The van der Waals surface area contributed by atoms with Gasteiger partial charge in [0.15, 0.2) is 0 Å². The highest BCUT2D eigenvalue weighted by Crippen LogP contribution is 2.66. The Bertz CT molecular complexity index is 1160. The third kappa shape index (κ3) is 5.49. The molecule has 5 rings (SSSR count). The molecule has 1 heterocycles. The monoisotopic (exact) mass is 545 g/mol. The molecule has 1 N–H and O–H groups in total. The average Bonchev–Trinajstić information content (AvgIpc) is 3.31. The van der Waals surface area contributed by atoms with E-state index in [1.54, 1.807) is 0 Å². The van der Waals surface area contributed by atoms with Gasteiger partial charge in [0, 0.05) is 11.0 Å². The second-order valence-corrected chi connectivity index (χ2v) is 16.1. The van der Waals surface area contributed by atoms with E-state index in [0.717, 1.165) is 17.6 Å². The van der Waals surface area contributed by atoms with Crippen LogP contribution in [0.2, 0.25) is 0 Å². The molecule has 2 nitrogen and oxygen atoms in total. The van der Waals surface area contributed by atoms with E-state index in [1.807, 2.05) is 0 Å². The van der Waals surface area contributed by atoms with Gasteiger partial charge in [-0.25, -0.2) is 0 Å². The third-order valence-corrected chi connectivity index (χ3v) is 13.4. The predicted molar refractivity (Wildman–Crippen MR) is 171 cm³/mol. The zero-order chi connectivity index (χ0) is 27.7. The Labute approximate surface area is 239 Å². The molecule has 2 aromatic rings. The lowest BCUT2D eigenvalue weighted by atomic mass is 9.63. The molecule has 1 aliphatic heterocycles. The zero-order valence-electron chi connectivity index (χ0n) is 25.5. The molecular formula is C36H52NOP. The molecule has 2 atom stereocenters. The lowest BCUT2D eigenvalue weighted by Gasteiger charge is -2.43. The van der Waals surface area contributed by atoms with Gasteiger partial charge in [0.25, 0.3) is 0 Å². The van der Waals surface area contributed by atoms with Crippen LogP contribution in [0.5, 0.6) is 5.75 Å². The highest BCUT2D eigenvalue weighted by Gasteiger charge is 2.54. The molecular weight excluding hydrogens is 493 g/mol. The second-order valence-electron chi connectivity index (χ2n) is 13.5. The molecule has 0 spiro atoms. The summed E-state index contributed by atoms with van der Waals surface area (Å²) in [5.74, 6) is 1.98. The predicted octanol–water partition coefficient (Wildman–Crippen LogP) is 11.0.